The Balaban J connectivity index is 1.02. The van der Waals surface area contributed by atoms with E-state index in [1.165, 1.54) is 82.7 Å². The molecule has 0 saturated carbocycles. The van der Waals surface area contributed by atoms with Gasteiger partial charge in [-0.1, -0.05) is 218 Å². The molecule has 0 amide bonds. The van der Waals surface area contributed by atoms with Crippen molar-refractivity contribution in [3.05, 3.63) is 300 Å². The molecule has 0 spiro atoms. The topological polar surface area (TPSA) is 8.17 Å². The van der Waals surface area contributed by atoms with Crippen molar-refractivity contribution in [2.24, 2.45) is 0 Å². The first kappa shape index (κ1) is 41.5. The van der Waals surface area contributed by atoms with Gasteiger partial charge in [0.2, 0.25) is 0 Å². The number of benzene rings is 11. The summed E-state index contributed by atoms with van der Waals surface area (Å²) < 4.78 is 2.49. The average molecular weight is 895 g/mol. The largest absolute Gasteiger partial charge is 0.310 e. The minimum Gasteiger partial charge on any atom is -0.310 e. The Morgan fingerprint density at radius 1 is 0.371 bits per heavy atom. The number of para-hydroxylation sites is 1. The van der Waals surface area contributed by atoms with Crippen LogP contribution < -0.4 is 4.90 Å². The molecule has 11 aromatic carbocycles. The fraction of sp³-hybridized carbons (Fsp3) is 0.0588. The van der Waals surface area contributed by atoms with Crippen LogP contribution in [0.3, 0.4) is 0 Å². The number of aryl methyl sites for hydroxylation is 2. The molecule has 0 radical (unpaired) electrons. The quantitative estimate of drug-likeness (QED) is 0.126. The summed E-state index contributed by atoms with van der Waals surface area (Å²) in [4.78, 5) is 2.46. The van der Waals surface area contributed by atoms with Gasteiger partial charge in [0.25, 0.3) is 0 Å². The minimum atomic E-state index is -0.557. The monoisotopic (exact) mass is 894 g/mol. The Bertz CT molecular complexity index is 3840. The molecular formula is C68H50N2. The van der Waals surface area contributed by atoms with Gasteiger partial charge in [-0.3, -0.25) is 0 Å². The van der Waals surface area contributed by atoms with E-state index in [1.807, 2.05) is 0 Å². The van der Waals surface area contributed by atoms with Crippen LogP contribution in [0.15, 0.2) is 267 Å². The maximum Gasteiger partial charge on any atom is 0.0716 e. The molecule has 332 valence electrons. The number of aromatic nitrogens is 1. The lowest BCUT2D eigenvalue weighted by molar-refractivity contribution is 0.734. The summed E-state index contributed by atoms with van der Waals surface area (Å²) in [5.41, 5.74) is 19.2. The second-order valence-corrected chi connectivity index (χ2v) is 18.7. The summed E-state index contributed by atoms with van der Waals surface area (Å²) >= 11 is 0. The lowest BCUT2D eigenvalue weighted by Gasteiger charge is -2.36. The number of hydrogen-bond acceptors (Lipinski definition) is 1. The third-order valence-corrected chi connectivity index (χ3v) is 14.8. The molecule has 0 aliphatic heterocycles. The average Bonchev–Trinajstić information content (AvgIpc) is 3.93. The van der Waals surface area contributed by atoms with Gasteiger partial charge in [0, 0.05) is 38.9 Å². The molecule has 0 N–H and O–H groups in total. The van der Waals surface area contributed by atoms with Gasteiger partial charge in [-0.15, -0.1) is 0 Å². The first-order valence-corrected chi connectivity index (χ1v) is 24.6. The van der Waals surface area contributed by atoms with Crippen LogP contribution in [0.5, 0.6) is 0 Å². The summed E-state index contributed by atoms with van der Waals surface area (Å²) in [5.74, 6) is 0. The van der Waals surface area contributed by atoms with Crippen molar-refractivity contribution < 1.29 is 0 Å². The van der Waals surface area contributed by atoms with Crippen molar-refractivity contribution in [3.8, 4) is 27.9 Å². The van der Waals surface area contributed by atoms with Crippen molar-refractivity contribution in [2.45, 2.75) is 24.7 Å². The van der Waals surface area contributed by atoms with E-state index >= 15 is 0 Å². The maximum atomic E-state index is 2.51. The van der Waals surface area contributed by atoms with E-state index in [0.717, 1.165) is 47.5 Å². The number of hydrogen-bond donors (Lipinski definition) is 0. The van der Waals surface area contributed by atoms with E-state index < -0.39 is 5.41 Å². The molecule has 12 aromatic rings. The normalized spacial score (nSPS) is 13.9. The summed E-state index contributed by atoms with van der Waals surface area (Å²) in [5, 5.41) is 4.93. The predicted octanol–water partition coefficient (Wildman–Crippen LogP) is 17.6. The van der Waals surface area contributed by atoms with Crippen LogP contribution in [0.2, 0.25) is 0 Å². The molecule has 13 rings (SSSR count). The van der Waals surface area contributed by atoms with E-state index in [9.17, 15) is 0 Å². The van der Waals surface area contributed by atoms with Crippen LogP contribution in [0, 0.1) is 0 Å². The van der Waals surface area contributed by atoms with E-state index in [0.29, 0.717) is 0 Å². The van der Waals surface area contributed by atoms with Crippen molar-refractivity contribution >= 4 is 49.6 Å². The highest BCUT2D eigenvalue weighted by atomic mass is 15.1. The summed E-state index contributed by atoms with van der Waals surface area (Å²) in [7, 11) is 0. The molecule has 1 aliphatic carbocycles. The van der Waals surface area contributed by atoms with Gasteiger partial charge in [0.1, 0.15) is 0 Å². The Labute approximate surface area is 410 Å². The predicted molar refractivity (Wildman–Crippen MR) is 294 cm³/mol. The number of nitrogens with zero attached hydrogens (tertiary/aromatic N) is 2. The molecule has 2 heteroatoms. The lowest BCUT2D eigenvalue weighted by atomic mass is 9.66. The zero-order valence-corrected chi connectivity index (χ0v) is 38.9. The van der Waals surface area contributed by atoms with Crippen molar-refractivity contribution in [1.29, 1.82) is 0 Å². The van der Waals surface area contributed by atoms with E-state index in [4.69, 9.17) is 0 Å². The van der Waals surface area contributed by atoms with Crippen LogP contribution in [-0.4, -0.2) is 4.57 Å². The third kappa shape index (κ3) is 6.86. The standard InChI is InChI=1S/C68H50N2/c1-5-20-48(21-6-1)22-19-27-52-26-14-17-34-63(52)68(53-28-9-3-10-29-53)64-35-18-16-33-59(64)60-44-41-56(46-65(60)68)69(54-30-11-4-12-31-54)57-42-45-61-62-43-38-51-25-13-15-32-58(51)67(62)70(66(61)47-57)55-39-36-50(37-40-55)49-23-7-2-8-24-49/h1-18,20-21,23-26,28-47H,19,22,27H2. The number of rotatable bonds is 11. The van der Waals surface area contributed by atoms with Crippen LogP contribution in [0.4, 0.5) is 17.1 Å². The van der Waals surface area contributed by atoms with Crippen LogP contribution in [-0.2, 0) is 18.3 Å². The Hall–Kier alpha value is -8.72. The van der Waals surface area contributed by atoms with E-state index in [2.05, 4.69) is 276 Å². The molecule has 70 heavy (non-hydrogen) atoms. The second-order valence-electron chi connectivity index (χ2n) is 18.7. The summed E-state index contributed by atoms with van der Waals surface area (Å²) in [6, 6.07) is 98.9. The highest BCUT2D eigenvalue weighted by molar-refractivity contribution is 6.19. The van der Waals surface area contributed by atoms with Gasteiger partial charge in [-0.05, 0) is 129 Å². The zero-order valence-electron chi connectivity index (χ0n) is 38.9. The Kier molecular flexibility index (Phi) is 10.3. The van der Waals surface area contributed by atoms with Gasteiger partial charge in [0.15, 0.2) is 0 Å². The van der Waals surface area contributed by atoms with Crippen LogP contribution in [0.25, 0.3) is 60.5 Å². The molecule has 1 atom stereocenters. The molecule has 1 heterocycles. The van der Waals surface area contributed by atoms with Crippen molar-refractivity contribution in [2.75, 3.05) is 4.90 Å². The van der Waals surface area contributed by atoms with Crippen molar-refractivity contribution in [3.63, 3.8) is 0 Å². The molecule has 0 fully saturated rings. The molecule has 1 aromatic heterocycles. The van der Waals surface area contributed by atoms with Gasteiger partial charge in [0.05, 0.1) is 16.4 Å². The maximum absolute atomic E-state index is 2.51. The van der Waals surface area contributed by atoms with Crippen LogP contribution in [0.1, 0.15) is 39.8 Å². The van der Waals surface area contributed by atoms with E-state index in [-0.39, 0.29) is 0 Å². The fourth-order valence-electron chi connectivity index (χ4n) is 11.7. The summed E-state index contributed by atoms with van der Waals surface area (Å²) in [6.07, 6.45) is 3.08. The third-order valence-electron chi connectivity index (χ3n) is 14.8. The second kappa shape index (κ2) is 17.4. The zero-order chi connectivity index (χ0) is 46.4. The molecule has 0 bridgehead atoms. The van der Waals surface area contributed by atoms with Crippen molar-refractivity contribution in [1.82, 2.24) is 4.57 Å². The lowest BCUT2D eigenvalue weighted by Crippen LogP contribution is -2.30. The summed E-state index contributed by atoms with van der Waals surface area (Å²) in [6.45, 7) is 0. The number of fused-ring (bicyclic) bond motifs is 8. The van der Waals surface area contributed by atoms with E-state index in [1.54, 1.807) is 0 Å². The van der Waals surface area contributed by atoms with Crippen LogP contribution >= 0.6 is 0 Å². The first-order valence-electron chi connectivity index (χ1n) is 24.6. The molecule has 1 aliphatic rings. The molecule has 2 nitrogen and oxygen atoms in total. The minimum absolute atomic E-state index is 0.557. The molecular weight excluding hydrogens is 845 g/mol. The van der Waals surface area contributed by atoms with Gasteiger partial charge in [-0.25, -0.2) is 0 Å². The SMILES string of the molecule is c1ccc(CCCc2ccccc2C2(c3ccccc3)c3ccccc3-c3ccc(N(c4ccccc4)c4ccc5c6ccc7ccccc7c6n(-c6ccc(-c7ccccc7)cc6)c5c4)cc32)cc1. The highest BCUT2D eigenvalue weighted by Crippen LogP contribution is 2.58. The molecule has 0 saturated heterocycles. The van der Waals surface area contributed by atoms with Gasteiger partial charge >= 0.3 is 0 Å². The first-order chi connectivity index (χ1) is 34.7. The Morgan fingerprint density at radius 2 is 0.971 bits per heavy atom. The highest BCUT2D eigenvalue weighted by Gasteiger charge is 2.47. The number of anilines is 3. The fourth-order valence-corrected chi connectivity index (χ4v) is 11.7. The smallest absolute Gasteiger partial charge is 0.0716 e. The van der Waals surface area contributed by atoms with Gasteiger partial charge in [-0.2, -0.15) is 0 Å². The Morgan fingerprint density at radius 3 is 1.77 bits per heavy atom. The van der Waals surface area contributed by atoms with Gasteiger partial charge < -0.3 is 9.47 Å². The molecule has 1 unspecified atom stereocenters.